The summed E-state index contributed by atoms with van der Waals surface area (Å²) in [4.78, 5) is 11.3. The molecule has 2 rings (SSSR count). The van der Waals surface area contributed by atoms with Gasteiger partial charge in [-0.1, -0.05) is 38.5 Å². The molecule has 0 radical (unpaired) electrons. The Morgan fingerprint density at radius 1 is 1.21 bits per heavy atom. The molecule has 0 spiro atoms. The van der Waals surface area contributed by atoms with E-state index in [9.17, 15) is 13.6 Å². The lowest BCUT2D eigenvalue weighted by atomic mass is 9.82. The molecule has 1 fully saturated rings. The smallest absolute Gasteiger partial charge is 0.400 e. The minimum atomic E-state index is -3.16. The highest BCUT2D eigenvalue weighted by Crippen LogP contribution is 2.39. The Labute approximate surface area is 141 Å². The third-order valence-electron chi connectivity index (χ3n) is 4.39. The average molecular weight is 338 g/mol. The fourth-order valence-corrected chi connectivity index (χ4v) is 2.76. The van der Waals surface area contributed by atoms with Crippen molar-refractivity contribution in [2.24, 2.45) is 11.8 Å². The van der Waals surface area contributed by atoms with E-state index in [4.69, 9.17) is 9.47 Å². The van der Waals surface area contributed by atoms with Crippen LogP contribution in [-0.4, -0.2) is 12.1 Å². The second kappa shape index (κ2) is 7.77. The first-order valence-electron chi connectivity index (χ1n) is 8.26. The number of rotatable bonds is 6. The van der Waals surface area contributed by atoms with Gasteiger partial charge in [-0.25, -0.2) is 4.79 Å². The number of hydrogen-bond acceptors (Lipinski definition) is 3. The Bertz CT molecular complexity index is 573. The Kier molecular flexibility index (Phi) is 5.97. The number of halogens is 2. The third kappa shape index (κ3) is 5.05. The van der Waals surface area contributed by atoms with Crippen molar-refractivity contribution in [3.63, 3.8) is 0 Å². The summed E-state index contributed by atoms with van der Waals surface area (Å²) >= 11 is 0. The molecule has 0 aromatic heterocycles. The van der Waals surface area contributed by atoms with Crippen molar-refractivity contribution >= 4 is 5.97 Å². The van der Waals surface area contributed by atoms with Crippen LogP contribution in [0.25, 0.3) is 0 Å². The standard InChI is InChI=1S/C19H24F2O3/c1-13(2)18(22)23-12-15-6-10-17(11-7-15)24-19(20,21)16-8-4-14(3)5-9-16/h6-7,10-11,14,16H,1,4-5,8-9,12H2,2-3H3. The molecule has 1 aliphatic rings. The lowest BCUT2D eigenvalue weighted by Crippen LogP contribution is -2.36. The molecule has 132 valence electrons. The van der Waals surface area contributed by atoms with Crippen molar-refractivity contribution in [1.29, 1.82) is 0 Å². The van der Waals surface area contributed by atoms with Crippen molar-refractivity contribution < 1.29 is 23.0 Å². The van der Waals surface area contributed by atoms with Gasteiger partial charge in [-0.05, 0) is 43.4 Å². The van der Waals surface area contributed by atoms with Gasteiger partial charge < -0.3 is 9.47 Å². The summed E-state index contributed by atoms with van der Waals surface area (Å²) in [6.45, 7) is 7.22. The van der Waals surface area contributed by atoms with Crippen molar-refractivity contribution in [2.75, 3.05) is 0 Å². The molecule has 0 N–H and O–H groups in total. The van der Waals surface area contributed by atoms with Crippen LogP contribution < -0.4 is 4.74 Å². The van der Waals surface area contributed by atoms with Gasteiger partial charge >= 0.3 is 12.1 Å². The molecule has 1 aliphatic carbocycles. The number of carbonyl (C=O) groups is 1. The highest BCUT2D eigenvalue weighted by molar-refractivity contribution is 5.86. The molecule has 5 heteroatoms. The molecule has 0 saturated heterocycles. The van der Waals surface area contributed by atoms with Crippen LogP contribution in [0.5, 0.6) is 5.75 Å². The molecule has 0 unspecified atom stereocenters. The van der Waals surface area contributed by atoms with Crippen LogP contribution in [-0.2, 0) is 16.1 Å². The van der Waals surface area contributed by atoms with Gasteiger partial charge in [0.05, 0.1) is 5.92 Å². The second-order valence-electron chi connectivity index (χ2n) is 6.62. The van der Waals surface area contributed by atoms with Gasteiger partial charge in [0.25, 0.3) is 0 Å². The van der Waals surface area contributed by atoms with Gasteiger partial charge in [0.1, 0.15) is 12.4 Å². The Hall–Kier alpha value is -1.91. The lowest BCUT2D eigenvalue weighted by molar-refractivity contribution is -0.223. The van der Waals surface area contributed by atoms with Crippen molar-refractivity contribution in [1.82, 2.24) is 0 Å². The lowest BCUT2D eigenvalue weighted by Gasteiger charge is -2.32. The van der Waals surface area contributed by atoms with E-state index in [0.29, 0.717) is 29.9 Å². The van der Waals surface area contributed by atoms with E-state index in [1.165, 1.54) is 12.1 Å². The van der Waals surface area contributed by atoms with Gasteiger partial charge in [0.2, 0.25) is 0 Å². The Balaban J connectivity index is 1.90. The molecular formula is C19H24F2O3. The number of esters is 1. The van der Waals surface area contributed by atoms with E-state index >= 15 is 0 Å². The highest BCUT2D eigenvalue weighted by atomic mass is 19.3. The molecule has 0 amide bonds. The summed E-state index contributed by atoms with van der Waals surface area (Å²) < 4.78 is 38.5. The zero-order chi connectivity index (χ0) is 17.7. The van der Waals surface area contributed by atoms with Crippen molar-refractivity contribution in [3.05, 3.63) is 42.0 Å². The zero-order valence-corrected chi connectivity index (χ0v) is 14.2. The fraction of sp³-hybridized carbons (Fsp3) is 0.526. The number of alkyl halides is 2. The number of benzene rings is 1. The predicted molar refractivity (Wildman–Crippen MR) is 87.7 cm³/mol. The molecule has 0 heterocycles. The van der Waals surface area contributed by atoms with Crippen LogP contribution >= 0.6 is 0 Å². The van der Waals surface area contributed by atoms with E-state index in [0.717, 1.165) is 12.8 Å². The van der Waals surface area contributed by atoms with Gasteiger partial charge in [0, 0.05) is 5.57 Å². The largest absolute Gasteiger partial charge is 0.457 e. The first-order valence-corrected chi connectivity index (χ1v) is 8.26. The van der Waals surface area contributed by atoms with E-state index in [1.807, 2.05) is 0 Å². The van der Waals surface area contributed by atoms with Crippen LogP contribution in [0.4, 0.5) is 8.78 Å². The van der Waals surface area contributed by atoms with Crippen molar-refractivity contribution in [3.8, 4) is 5.75 Å². The molecule has 1 aromatic rings. The average Bonchev–Trinajstić information content (AvgIpc) is 2.54. The predicted octanol–water partition coefficient (Wildman–Crippen LogP) is 5.10. The molecule has 1 aromatic carbocycles. The summed E-state index contributed by atoms with van der Waals surface area (Å²) in [7, 11) is 0. The minimum Gasteiger partial charge on any atom is -0.457 e. The summed E-state index contributed by atoms with van der Waals surface area (Å²) in [5.41, 5.74) is 1.02. The molecular weight excluding hydrogens is 314 g/mol. The third-order valence-corrected chi connectivity index (χ3v) is 4.39. The summed E-state index contributed by atoms with van der Waals surface area (Å²) in [5.74, 6) is -0.579. The van der Waals surface area contributed by atoms with Gasteiger partial charge in [-0.3, -0.25) is 0 Å². The molecule has 0 bridgehead atoms. The molecule has 1 saturated carbocycles. The fourth-order valence-electron chi connectivity index (χ4n) is 2.76. The first-order chi connectivity index (χ1) is 11.3. The van der Waals surface area contributed by atoms with Crippen LogP contribution in [0.1, 0.15) is 45.1 Å². The SMILES string of the molecule is C=C(C)C(=O)OCc1ccc(OC(F)(F)C2CCC(C)CC2)cc1. The quantitative estimate of drug-likeness (QED) is 0.534. The van der Waals surface area contributed by atoms with Gasteiger partial charge in [0.15, 0.2) is 0 Å². The number of carbonyl (C=O) groups excluding carboxylic acids is 1. The van der Waals surface area contributed by atoms with Gasteiger partial charge in [-0.2, -0.15) is 8.78 Å². The minimum absolute atomic E-state index is 0.0723. The topological polar surface area (TPSA) is 35.5 Å². The maximum Gasteiger partial charge on any atom is 0.400 e. The number of hydrogen-bond donors (Lipinski definition) is 0. The normalized spacial score (nSPS) is 21.2. The van der Waals surface area contributed by atoms with Crippen LogP contribution in [0.3, 0.4) is 0 Å². The molecule has 24 heavy (non-hydrogen) atoms. The van der Waals surface area contributed by atoms with E-state index in [-0.39, 0.29) is 12.4 Å². The molecule has 3 nitrogen and oxygen atoms in total. The zero-order valence-electron chi connectivity index (χ0n) is 14.2. The van der Waals surface area contributed by atoms with E-state index < -0.39 is 18.0 Å². The Morgan fingerprint density at radius 3 is 2.33 bits per heavy atom. The van der Waals surface area contributed by atoms with Crippen molar-refractivity contribution in [2.45, 2.75) is 52.2 Å². The van der Waals surface area contributed by atoms with E-state index in [2.05, 4.69) is 13.5 Å². The highest BCUT2D eigenvalue weighted by Gasteiger charge is 2.43. The van der Waals surface area contributed by atoms with Crippen LogP contribution in [0, 0.1) is 11.8 Å². The number of ether oxygens (including phenoxy) is 2. The van der Waals surface area contributed by atoms with Crippen LogP contribution in [0.2, 0.25) is 0 Å². The Morgan fingerprint density at radius 2 is 1.79 bits per heavy atom. The van der Waals surface area contributed by atoms with Gasteiger partial charge in [-0.15, -0.1) is 0 Å². The summed E-state index contributed by atoms with van der Waals surface area (Å²) in [6.07, 6.45) is -0.548. The second-order valence-corrected chi connectivity index (χ2v) is 6.62. The first kappa shape index (κ1) is 18.4. The van der Waals surface area contributed by atoms with Crippen LogP contribution in [0.15, 0.2) is 36.4 Å². The summed E-state index contributed by atoms with van der Waals surface area (Å²) in [5, 5.41) is 0. The summed E-state index contributed by atoms with van der Waals surface area (Å²) in [6, 6.07) is 6.17. The monoisotopic (exact) mass is 338 g/mol. The van der Waals surface area contributed by atoms with E-state index in [1.54, 1.807) is 19.1 Å². The molecule has 0 atom stereocenters. The molecule has 0 aliphatic heterocycles. The maximum absolute atomic E-state index is 14.3. The maximum atomic E-state index is 14.3.